The zero-order valence-electron chi connectivity index (χ0n) is 7.28. The molecule has 1 N–H and O–H groups in total. The lowest BCUT2D eigenvalue weighted by Gasteiger charge is -2.05. The third-order valence-corrected chi connectivity index (χ3v) is 2.10. The van der Waals surface area contributed by atoms with Gasteiger partial charge in [0.25, 0.3) is 0 Å². The Morgan fingerprint density at radius 1 is 1.57 bits per heavy atom. The topological polar surface area (TPSA) is 63.6 Å². The third kappa shape index (κ3) is 1.93. The number of ether oxygens (including phenoxy) is 1. The molecule has 1 aromatic rings. The van der Waals surface area contributed by atoms with Gasteiger partial charge in [-0.3, -0.25) is 4.79 Å². The van der Waals surface area contributed by atoms with Gasteiger partial charge in [0.2, 0.25) is 0 Å². The Labute approximate surface area is 88.6 Å². The number of esters is 1. The zero-order chi connectivity index (χ0) is 10.7. The summed E-state index contributed by atoms with van der Waals surface area (Å²) >= 11 is 3.09. The summed E-state index contributed by atoms with van der Waals surface area (Å²) in [4.78, 5) is 21.8. The summed E-state index contributed by atoms with van der Waals surface area (Å²) in [6.45, 7) is 0. The molecule has 0 spiro atoms. The van der Waals surface area contributed by atoms with Gasteiger partial charge in [-0.2, -0.15) is 0 Å². The van der Waals surface area contributed by atoms with Gasteiger partial charge in [-0.05, 0) is 12.1 Å². The molecule has 14 heavy (non-hydrogen) atoms. The first-order valence-corrected chi connectivity index (χ1v) is 4.45. The molecule has 0 aromatic heterocycles. The van der Waals surface area contributed by atoms with Crippen molar-refractivity contribution in [3.05, 3.63) is 27.7 Å². The highest BCUT2D eigenvalue weighted by molar-refractivity contribution is 9.10. The summed E-state index contributed by atoms with van der Waals surface area (Å²) in [6, 6.07) is 2.74. The minimum absolute atomic E-state index is 0.0365. The summed E-state index contributed by atoms with van der Waals surface area (Å²) in [5.74, 6) is -0.918. The number of carbonyl (C=O) groups excluding carboxylic acids is 2. The van der Waals surface area contributed by atoms with Gasteiger partial charge in [0, 0.05) is 4.47 Å². The van der Waals surface area contributed by atoms with Crippen LogP contribution in [0, 0.1) is 0 Å². The van der Waals surface area contributed by atoms with Crippen LogP contribution in [-0.4, -0.2) is 24.5 Å². The van der Waals surface area contributed by atoms with Crippen molar-refractivity contribution in [2.45, 2.75) is 0 Å². The molecule has 1 aromatic carbocycles. The Morgan fingerprint density at radius 3 is 2.71 bits per heavy atom. The standard InChI is InChI=1S/C9H7BrO4/c1-14-9(13)6-2-5(10)3-8(12)7(6)4-11/h2-4,12H,1H3. The molecule has 0 bridgehead atoms. The Morgan fingerprint density at radius 2 is 2.21 bits per heavy atom. The van der Waals surface area contributed by atoms with Crippen LogP contribution in [0.5, 0.6) is 5.75 Å². The predicted molar refractivity (Wildman–Crippen MR) is 52.5 cm³/mol. The number of hydrogen-bond acceptors (Lipinski definition) is 4. The van der Waals surface area contributed by atoms with E-state index in [-0.39, 0.29) is 16.9 Å². The smallest absolute Gasteiger partial charge is 0.338 e. The maximum absolute atomic E-state index is 11.2. The first-order valence-electron chi connectivity index (χ1n) is 3.66. The highest BCUT2D eigenvalue weighted by atomic mass is 79.9. The van der Waals surface area contributed by atoms with Crippen LogP contribution < -0.4 is 0 Å². The zero-order valence-corrected chi connectivity index (χ0v) is 8.87. The summed E-state index contributed by atoms with van der Waals surface area (Å²) in [5, 5.41) is 9.35. The first kappa shape index (κ1) is 10.7. The lowest BCUT2D eigenvalue weighted by Crippen LogP contribution is -2.05. The maximum Gasteiger partial charge on any atom is 0.338 e. The van der Waals surface area contributed by atoms with Gasteiger partial charge in [0.05, 0.1) is 18.2 Å². The normalized spacial score (nSPS) is 9.57. The van der Waals surface area contributed by atoms with Crippen LogP contribution in [0.4, 0.5) is 0 Å². The van der Waals surface area contributed by atoms with Crippen LogP contribution in [0.15, 0.2) is 16.6 Å². The predicted octanol–water partition coefficient (Wildman–Crippen LogP) is 1.75. The van der Waals surface area contributed by atoms with E-state index in [0.29, 0.717) is 10.8 Å². The van der Waals surface area contributed by atoms with Crippen LogP contribution in [0.25, 0.3) is 0 Å². The number of phenols is 1. The summed E-state index contributed by atoms with van der Waals surface area (Å²) in [5.41, 5.74) is -0.0329. The molecule has 0 unspecified atom stereocenters. The molecule has 5 heteroatoms. The Hall–Kier alpha value is -1.36. The second-order valence-electron chi connectivity index (χ2n) is 2.50. The number of hydrogen-bond donors (Lipinski definition) is 1. The Balaban J connectivity index is 3.39. The van der Waals surface area contributed by atoms with E-state index in [1.54, 1.807) is 0 Å². The number of carbonyl (C=O) groups is 2. The number of halogens is 1. The van der Waals surface area contributed by atoms with Gasteiger partial charge < -0.3 is 9.84 Å². The van der Waals surface area contributed by atoms with Crippen LogP contribution >= 0.6 is 15.9 Å². The van der Waals surface area contributed by atoms with Crippen molar-refractivity contribution >= 4 is 28.2 Å². The monoisotopic (exact) mass is 258 g/mol. The molecule has 0 heterocycles. The largest absolute Gasteiger partial charge is 0.507 e. The molecule has 0 aliphatic carbocycles. The van der Waals surface area contributed by atoms with Gasteiger partial charge in [0.15, 0.2) is 6.29 Å². The van der Waals surface area contributed by atoms with Gasteiger partial charge in [-0.1, -0.05) is 15.9 Å². The summed E-state index contributed by atoms with van der Waals surface area (Å²) < 4.78 is 4.96. The molecular formula is C9H7BrO4. The van der Waals surface area contributed by atoms with Gasteiger partial charge in [-0.15, -0.1) is 0 Å². The second-order valence-corrected chi connectivity index (χ2v) is 3.41. The molecule has 0 aliphatic heterocycles. The minimum Gasteiger partial charge on any atom is -0.507 e. The molecule has 74 valence electrons. The fourth-order valence-electron chi connectivity index (χ4n) is 1.01. The fraction of sp³-hybridized carbons (Fsp3) is 0.111. The van der Waals surface area contributed by atoms with Gasteiger partial charge >= 0.3 is 5.97 Å². The molecule has 0 radical (unpaired) electrons. The van der Waals surface area contributed by atoms with Crippen LogP contribution in [0.3, 0.4) is 0 Å². The fourth-order valence-corrected chi connectivity index (χ4v) is 1.45. The molecule has 0 aliphatic rings. The van der Waals surface area contributed by atoms with E-state index in [4.69, 9.17) is 0 Å². The molecule has 0 saturated carbocycles. The molecule has 0 saturated heterocycles. The average Bonchev–Trinajstić information content (AvgIpc) is 2.15. The number of aromatic hydroxyl groups is 1. The third-order valence-electron chi connectivity index (χ3n) is 1.65. The van der Waals surface area contributed by atoms with E-state index in [2.05, 4.69) is 20.7 Å². The van der Waals surface area contributed by atoms with Crippen molar-refractivity contribution in [1.29, 1.82) is 0 Å². The number of phenolic OH excluding ortho intramolecular Hbond substituents is 1. The number of rotatable bonds is 2. The van der Waals surface area contributed by atoms with Gasteiger partial charge in [0.1, 0.15) is 5.75 Å². The van der Waals surface area contributed by atoms with Gasteiger partial charge in [-0.25, -0.2) is 4.79 Å². The van der Waals surface area contributed by atoms with Crippen LogP contribution in [0.1, 0.15) is 20.7 Å². The highest BCUT2D eigenvalue weighted by Gasteiger charge is 2.15. The molecule has 0 fully saturated rings. The van der Waals surface area contributed by atoms with Crippen LogP contribution in [-0.2, 0) is 4.74 Å². The number of aldehydes is 1. The lowest BCUT2D eigenvalue weighted by molar-refractivity contribution is 0.0597. The van der Waals surface area contributed by atoms with E-state index < -0.39 is 5.97 Å². The minimum atomic E-state index is -0.663. The number of methoxy groups -OCH3 is 1. The Bertz CT molecular complexity index is 387. The van der Waals surface area contributed by atoms with E-state index in [9.17, 15) is 14.7 Å². The van der Waals surface area contributed by atoms with Crippen molar-refractivity contribution in [2.24, 2.45) is 0 Å². The van der Waals surface area contributed by atoms with E-state index >= 15 is 0 Å². The highest BCUT2D eigenvalue weighted by Crippen LogP contribution is 2.25. The van der Waals surface area contributed by atoms with Crippen molar-refractivity contribution in [1.82, 2.24) is 0 Å². The van der Waals surface area contributed by atoms with E-state index in [0.717, 1.165) is 0 Å². The molecule has 0 atom stereocenters. The molecule has 1 rings (SSSR count). The van der Waals surface area contributed by atoms with Crippen molar-refractivity contribution in [2.75, 3.05) is 7.11 Å². The average molecular weight is 259 g/mol. The molecule has 4 nitrogen and oxygen atoms in total. The Kier molecular flexibility index (Phi) is 3.24. The van der Waals surface area contributed by atoms with Crippen molar-refractivity contribution < 1.29 is 19.4 Å². The molecule has 0 amide bonds. The summed E-state index contributed by atoms with van der Waals surface area (Å²) in [7, 11) is 1.20. The van der Waals surface area contributed by atoms with Crippen molar-refractivity contribution in [3.8, 4) is 5.75 Å². The molecular weight excluding hydrogens is 252 g/mol. The number of benzene rings is 1. The first-order chi connectivity index (χ1) is 6.60. The maximum atomic E-state index is 11.2. The quantitative estimate of drug-likeness (QED) is 0.649. The lowest BCUT2D eigenvalue weighted by atomic mass is 10.1. The van der Waals surface area contributed by atoms with Crippen molar-refractivity contribution in [3.63, 3.8) is 0 Å². The van der Waals surface area contributed by atoms with E-state index in [1.807, 2.05) is 0 Å². The SMILES string of the molecule is COC(=O)c1cc(Br)cc(O)c1C=O. The van der Waals surface area contributed by atoms with Crippen LogP contribution in [0.2, 0.25) is 0 Å². The van der Waals surface area contributed by atoms with E-state index in [1.165, 1.54) is 19.2 Å². The second kappa shape index (κ2) is 4.23. The summed E-state index contributed by atoms with van der Waals surface area (Å²) in [6.07, 6.45) is 0.411.